The maximum atomic E-state index is 12.6. The number of rotatable bonds is 0. The first kappa shape index (κ1) is 24.3. The quantitative estimate of drug-likeness (QED) is 0.481. The summed E-state index contributed by atoms with van der Waals surface area (Å²) in [5.41, 5.74) is 4.47. The largest absolute Gasteiger partial charge is 0.494 e. The second-order valence-corrected chi connectivity index (χ2v) is 9.79. The van der Waals surface area contributed by atoms with Crippen LogP contribution >= 0.6 is 0 Å². The average molecular weight is 486 g/mol. The number of amides is 1. The number of nitrogens with zero attached hydrogens (tertiary/aromatic N) is 3. The van der Waals surface area contributed by atoms with E-state index in [1.54, 1.807) is 6.33 Å². The van der Waals surface area contributed by atoms with Gasteiger partial charge in [-0.3, -0.25) is 9.69 Å². The van der Waals surface area contributed by atoms with Gasteiger partial charge in [-0.1, -0.05) is 24.3 Å². The van der Waals surface area contributed by atoms with E-state index in [1.807, 2.05) is 30.3 Å². The van der Waals surface area contributed by atoms with Gasteiger partial charge in [0, 0.05) is 37.2 Å². The summed E-state index contributed by atoms with van der Waals surface area (Å²) in [5.74, 6) is 1.99. The summed E-state index contributed by atoms with van der Waals surface area (Å²) < 4.78 is 5.89. The molecule has 1 fully saturated rings. The number of aromatic nitrogens is 2. The van der Waals surface area contributed by atoms with Crippen LogP contribution in [0, 0.1) is 5.92 Å². The van der Waals surface area contributed by atoms with Crippen LogP contribution in [-0.4, -0.2) is 47.0 Å². The molecule has 5 aliphatic heterocycles. The molecule has 0 unspecified atom stereocenters. The molecule has 7 nitrogen and oxygen atoms in total. The zero-order chi connectivity index (χ0) is 24.6. The van der Waals surface area contributed by atoms with Crippen molar-refractivity contribution in [3.63, 3.8) is 0 Å². The Morgan fingerprint density at radius 3 is 2.61 bits per heavy atom. The Balaban J connectivity index is 1.30. The Morgan fingerprint density at radius 1 is 0.917 bits per heavy atom. The molecule has 2 N–H and O–H groups in total. The molecular weight excluding hydrogens is 450 g/mol. The molecule has 3 aromatic rings. The highest BCUT2D eigenvalue weighted by molar-refractivity contribution is 5.78. The van der Waals surface area contributed by atoms with Crippen molar-refractivity contribution in [2.24, 2.45) is 5.92 Å². The molecule has 36 heavy (non-hydrogen) atoms. The predicted molar refractivity (Wildman–Crippen MR) is 141 cm³/mol. The molecule has 8 rings (SSSR count). The molecule has 1 amide bonds. The van der Waals surface area contributed by atoms with Crippen LogP contribution in [0.2, 0.25) is 0 Å². The summed E-state index contributed by atoms with van der Waals surface area (Å²) >= 11 is 0. The van der Waals surface area contributed by atoms with E-state index < -0.39 is 0 Å². The van der Waals surface area contributed by atoms with E-state index in [9.17, 15) is 4.79 Å². The molecule has 5 aliphatic rings. The minimum absolute atomic E-state index is 0.133. The number of nitrogens with one attached hydrogen (secondary N) is 2. The Bertz CT molecular complexity index is 1140. The van der Waals surface area contributed by atoms with Crippen LogP contribution in [0.5, 0.6) is 5.75 Å². The highest BCUT2D eigenvalue weighted by Gasteiger charge is 2.24. The van der Waals surface area contributed by atoms with Crippen LogP contribution < -0.4 is 15.4 Å². The predicted octanol–water partition coefficient (Wildman–Crippen LogP) is 4.70. The molecule has 0 aliphatic carbocycles. The third-order valence-electron chi connectivity index (χ3n) is 6.98. The van der Waals surface area contributed by atoms with Gasteiger partial charge < -0.3 is 15.4 Å². The summed E-state index contributed by atoms with van der Waals surface area (Å²) in [7, 11) is 0. The molecule has 0 atom stereocenters. The third-order valence-corrected chi connectivity index (χ3v) is 6.98. The van der Waals surface area contributed by atoms with Gasteiger partial charge in [-0.25, -0.2) is 9.97 Å². The number of anilines is 2. The molecule has 0 radical (unpaired) electrons. The molecule has 0 saturated carbocycles. The molecule has 6 heterocycles. The van der Waals surface area contributed by atoms with Gasteiger partial charge in [0.2, 0.25) is 5.91 Å². The number of hydrogen-bond acceptors (Lipinski definition) is 6. The molecule has 2 aromatic carbocycles. The van der Waals surface area contributed by atoms with Crippen LogP contribution in [-0.2, 0) is 17.8 Å². The SMILES string of the molecule is O=C1NCCCCCOc2ccc(cc2)Nc2cc(ncn2)Cc2cccc(c2)CN2CCC1CC2. The van der Waals surface area contributed by atoms with Crippen molar-refractivity contribution in [1.82, 2.24) is 20.2 Å². The lowest BCUT2D eigenvalue weighted by Crippen LogP contribution is -2.40. The van der Waals surface area contributed by atoms with Gasteiger partial charge >= 0.3 is 0 Å². The standard InChI is InChI=1S/C29H35N5O2/c35-29-24-11-14-34(15-12-24)20-23-6-4-5-22(17-23)18-26-19-28(32-21-31-26)33-25-7-9-27(10-8-25)36-16-3-1-2-13-30-29/h4-10,17,19,21,24H,1-3,11-16,18,20H2,(H,30,35)(H,31,32,33). The van der Waals surface area contributed by atoms with Crippen LogP contribution in [0.4, 0.5) is 11.5 Å². The van der Waals surface area contributed by atoms with Crippen LogP contribution in [0.1, 0.15) is 48.9 Å². The van der Waals surface area contributed by atoms with Crippen molar-refractivity contribution in [2.45, 2.75) is 45.1 Å². The first-order valence-electron chi connectivity index (χ1n) is 13.1. The first-order valence-corrected chi connectivity index (χ1v) is 13.1. The van der Waals surface area contributed by atoms with Gasteiger partial charge in [-0.15, -0.1) is 0 Å². The number of piperidine rings is 1. The minimum Gasteiger partial charge on any atom is -0.494 e. The van der Waals surface area contributed by atoms with Crippen LogP contribution in [0.3, 0.4) is 0 Å². The van der Waals surface area contributed by atoms with Gasteiger partial charge in [0.05, 0.1) is 12.3 Å². The van der Waals surface area contributed by atoms with E-state index in [4.69, 9.17) is 4.74 Å². The fourth-order valence-corrected chi connectivity index (χ4v) is 4.95. The molecule has 0 spiro atoms. The second kappa shape index (κ2) is 12.0. The summed E-state index contributed by atoms with van der Waals surface area (Å²) in [6.45, 7) is 4.25. The molecule has 7 heteroatoms. The minimum atomic E-state index is 0.133. The molecule has 1 saturated heterocycles. The molecular formula is C29H35N5O2. The number of hydrogen-bond donors (Lipinski definition) is 2. The second-order valence-electron chi connectivity index (χ2n) is 9.79. The van der Waals surface area contributed by atoms with E-state index in [-0.39, 0.29) is 11.8 Å². The normalized spacial score (nSPS) is 21.4. The van der Waals surface area contributed by atoms with Crippen molar-refractivity contribution >= 4 is 17.4 Å². The number of carbonyl (C=O) groups is 1. The van der Waals surface area contributed by atoms with Gasteiger partial charge in [0.25, 0.3) is 0 Å². The molecule has 1 aromatic heterocycles. The highest BCUT2D eigenvalue weighted by atomic mass is 16.5. The molecule has 188 valence electrons. The number of benzene rings is 2. The zero-order valence-corrected chi connectivity index (χ0v) is 20.8. The number of ether oxygens (including phenoxy) is 1. The Labute approximate surface area is 213 Å². The Hall–Kier alpha value is -3.45. The Morgan fingerprint density at radius 2 is 1.75 bits per heavy atom. The first-order chi connectivity index (χ1) is 17.7. The smallest absolute Gasteiger partial charge is 0.223 e. The molecule has 8 bridgehead atoms. The van der Waals surface area contributed by atoms with E-state index in [1.165, 1.54) is 11.1 Å². The van der Waals surface area contributed by atoms with E-state index in [0.717, 1.165) is 87.7 Å². The Kier molecular flexibility index (Phi) is 8.08. The van der Waals surface area contributed by atoms with Crippen LogP contribution in [0.15, 0.2) is 60.9 Å². The lowest BCUT2D eigenvalue weighted by molar-refractivity contribution is -0.126. The summed E-state index contributed by atoms with van der Waals surface area (Å²) in [6, 6.07) is 18.7. The number of carbonyl (C=O) groups excluding carboxylic acids is 1. The summed E-state index contributed by atoms with van der Waals surface area (Å²) in [4.78, 5) is 24.0. The summed E-state index contributed by atoms with van der Waals surface area (Å²) in [5, 5.41) is 6.53. The maximum absolute atomic E-state index is 12.6. The highest BCUT2D eigenvalue weighted by Crippen LogP contribution is 2.22. The fourth-order valence-electron chi connectivity index (χ4n) is 4.95. The van der Waals surface area contributed by atoms with Crippen molar-refractivity contribution in [3.05, 3.63) is 77.7 Å². The van der Waals surface area contributed by atoms with Crippen LogP contribution in [0.25, 0.3) is 0 Å². The summed E-state index contributed by atoms with van der Waals surface area (Å²) in [6.07, 6.45) is 7.20. The van der Waals surface area contributed by atoms with Gasteiger partial charge in [0.15, 0.2) is 0 Å². The van der Waals surface area contributed by atoms with E-state index in [0.29, 0.717) is 6.61 Å². The lowest BCUT2D eigenvalue weighted by Gasteiger charge is -2.31. The van der Waals surface area contributed by atoms with Gasteiger partial charge in [-0.2, -0.15) is 0 Å². The maximum Gasteiger partial charge on any atom is 0.223 e. The van der Waals surface area contributed by atoms with E-state index >= 15 is 0 Å². The lowest BCUT2D eigenvalue weighted by atomic mass is 9.95. The van der Waals surface area contributed by atoms with Crippen molar-refractivity contribution in [1.29, 1.82) is 0 Å². The van der Waals surface area contributed by atoms with Crippen molar-refractivity contribution < 1.29 is 9.53 Å². The monoisotopic (exact) mass is 485 g/mol. The fraction of sp³-hybridized carbons (Fsp3) is 0.414. The topological polar surface area (TPSA) is 79.4 Å². The third kappa shape index (κ3) is 6.82. The van der Waals surface area contributed by atoms with Gasteiger partial charge in [0.1, 0.15) is 17.9 Å². The van der Waals surface area contributed by atoms with Crippen molar-refractivity contribution in [3.8, 4) is 5.75 Å². The van der Waals surface area contributed by atoms with Crippen molar-refractivity contribution in [2.75, 3.05) is 31.6 Å². The van der Waals surface area contributed by atoms with E-state index in [2.05, 4.69) is 49.8 Å². The average Bonchev–Trinajstić information content (AvgIpc) is 2.89. The zero-order valence-electron chi connectivity index (χ0n) is 20.8. The van der Waals surface area contributed by atoms with Gasteiger partial charge in [-0.05, 0) is 80.6 Å².